The molecule has 0 saturated heterocycles. The Morgan fingerprint density at radius 1 is 1.35 bits per heavy atom. The van der Waals surface area contributed by atoms with E-state index < -0.39 is 0 Å². The molecule has 0 aliphatic heterocycles. The Bertz CT molecular complexity index is 622. The average Bonchev–Trinajstić information content (AvgIpc) is 2.97. The fraction of sp³-hybridized carbons (Fsp3) is 0.455. The summed E-state index contributed by atoms with van der Waals surface area (Å²) in [5.74, 6) is 0.256. The maximum Gasteiger partial charge on any atom is 0.234 e. The lowest BCUT2D eigenvalue weighted by molar-refractivity contribution is -0.113. The first-order chi connectivity index (χ1) is 9.51. The fourth-order valence-corrected chi connectivity index (χ4v) is 3.83. The Morgan fingerprint density at radius 2 is 2.05 bits per heavy atom. The van der Waals surface area contributed by atoms with Gasteiger partial charge in [0.1, 0.15) is 0 Å². The highest BCUT2D eigenvalue weighted by Crippen LogP contribution is 2.27. The van der Waals surface area contributed by atoms with E-state index in [1.165, 1.54) is 23.1 Å². The minimum absolute atomic E-state index is 0.0601. The quantitative estimate of drug-likeness (QED) is 0.849. The Kier molecular flexibility index (Phi) is 5.06. The number of hydrogen-bond donors (Lipinski definition) is 1. The maximum absolute atomic E-state index is 12.0. The van der Waals surface area contributed by atoms with Gasteiger partial charge in [-0.3, -0.25) is 9.48 Å². The van der Waals surface area contributed by atoms with Crippen LogP contribution in [0.2, 0.25) is 0 Å². The van der Waals surface area contributed by atoms with Gasteiger partial charge in [0.2, 0.25) is 5.91 Å². The third kappa shape index (κ3) is 3.53. The zero-order valence-electron chi connectivity index (χ0n) is 11.6. The van der Waals surface area contributed by atoms with Gasteiger partial charge >= 0.3 is 0 Å². The summed E-state index contributed by atoms with van der Waals surface area (Å²) in [6, 6.07) is 0. The van der Waals surface area contributed by atoms with E-state index in [4.69, 9.17) is 0 Å². The molecule has 0 bridgehead atoms. The van der Waals surface area contributed by atoms with Crippen LogP contribution in [0.15, 0.2) is 8.68 Å². The molecular formula is C11H15N5OS3. The Hall–Kier alpha value is -1.06. The molecule has 0 aromatic carbocycles. The highest BCUT2D eigenvalue weighted by Gasteiger charge is 2.13. The van der Waals surface area contributed by atoms with E-state index in [0.29, 0.717) is 5.75 Å². The molecule has 2 aromatic heterocycles. The largest absolute Gasteiger partial charge is 0.322 e. The lowest BCUT2D eigenvalue weighted by Gasteiger charge is -2.04. The molecule has 1 amide bonds. The molecule has 108 valence electrons. The van der Waals surface area contributed by atoms with Crippen LogP contribution in [0.1, 0.15) is 11.4 Å². The molecule has 9 heteroatoms. The summed E-state index contributed by atoms with van der Waals surface area (Å²) in [6.45, 7) is 3.81. The van der Waals surface area contributed by atoms with Crippen LogP contribution in [0.5, 0.6) is 0 Å². The first kappa shape index (κ1) is 15.3. The Labute approximate surface area is 129 Å². The monoisotopic (exact) mass is 329 g/mol. The van der Waals surface area contributed by atoms with Gasteiger partial charge in [0.05, 0.1) is 22.8 Å². The number of hydrogen-bond acceptors (Lipinski definition) is 7. The molecule has 0 atom stereocenters. The first-order valence-electron chi connectivity index (χ1n) is 5.81. The summed E-state index contributed by atoms with van der Waals surface area (Å²) >= 11 is 4.45. The number of carbonyl (C=O) groups is 1. The second kappa shape index (κ2) is 6.59. The lowest BCUT2D eigenvalue weighted by atomic mass is 10.3. The number of carbonyl (C=O) groups excluding carboxylic acids is 1. The predicted octanol–water partition coefficient (Wildman–Crippen LogP) is 2.34. The summed E-state index contributed by atoms with van der Waals surface area (Å²) in [5.41, 5.74) is 2.56. The molecule has 2 rings (SSSR count). The van der Waals surface area contributed by atoms with Gasteiger partial charge in [-0.15, -0.1) is 10.2 Å². The van der Waals surface area contributed by atoms with Crippen LogP contribution >= 0.6 is 34.9 Å². The van der Waals surface area contributed by atoms with Crippen LogP contribution in [-0.4, -0.2) is 37.9 Å². The van der Waals surface area contributed by atoms with Crippen molar-refractivity contribution >= 4 is 46.5 Å². The molecule has 20 heavy (non-hydrogen) atoms. The molecule has 0 fully saturated rings. The summed E-state index contributed by atoms with van der Waals surface area (Å²) in [5, 5.41) is 15.2. The van der Waals surface area contributed by atoms with Crippen molar-refractivity contribution in [3.05, 3.63) is 11.4 Å². The van der Waals surface area contributed by atoms with Gasteiger partial charge in [0, 0.05) is 7.05 Å². The van der Waals surface area contributed by atoms with Gasteiger partial charge in [-0.05, 0) is 20.1 Å². The van der Waals surface area contributed by atoms with Crippen molar-refractivity contribution in [3.8, 4) is 0 Å². The highest BCUT2D eigenvalue weighted by molar-refractivity contribution is 8.03. The van der Waals surface area contributed by atoms with E-state index in [9.17, 15) is 4.79 Å². The number of rotatable bonds is 5. The first-order valence-corrected chi connectivity index (χ1v) is 8.84. The van der Waals surface area contributed by atoms with Gasteiger partial charge in [0.25, 0.3) is 0 Å². The normalized spacial score (nSPS) is 10.8. The van der Waals surface area contributed by atoms with Crippen LogP contribution in [0.4, 0.5) is 5.69 Å². The molecule has 0 aliphatic rings. The van der Waals surface area contributed by atoms with E-state index in [-0.39, 0.29) is 5.91 Å². The molecule has 0 radical (unpaired) electrons. The summed E-state index contributed by atoms with van der Waals surface area (Å²) in [4.78, 5) is 12.0. The van der Waals surface area contributed by atoms with Crippen molar-refractivity contribution in [1.29, 1.82) is 0 Å². The van der Waals surface area contributed by atoms with E-state index in [0.717, 1.165) is 25.8 Å². The molecule has 6 nitrogen and oxygen atoms in total. The van der Waals surface area contributed by atoms with Crippen LogP contribution in [0, 0.1) is 13.8 Å². The molecule has 0 aliphatic carbocycles. The number of anilines is 1. The zero-order valence-corrected chi connectivity index (χ0v) is 14.1. The van der Waals surface area contributed by atoms with Crippen LogP contribution in [0.3, 0.4) is 0 Å². The zero-order chi connectivity index (χ0) is 14.7. The van der Waals surface area contributed by atoms with E-state index in [1.807, 2.05) is 27.2 Å². The van der Waals surface area contributed by atoms with E-state index in [2.05, 4.69) is 20.6 Å². The van der Waals surface area contributed by atoms with Crippen molar-refractivity contribution in [1.82, 2.24) is 20.0 Å². The topological polar surface area (TPSA) is 72.7 Å². The van der Waals surface area contributed by atoms with Crippen LogP contribution in [-0.2, 0) is 11.8 Å². The molecule has 0 spiro atoms. The summed E-state index contributed by atoms with van der Waals surface area (Å²) < 4.78 is 3.48. The second-order valence-corrected chi connectivity index (χ2v) is 7.30. The van der Waals surface area contributed by atoms with Crippen molar-refractivity contribution in [2.75, 3.05) is 17.3 Å². The smallest absolute Gasteiger partial charge is 0.234 e. The number of nitrogens with one attached hydrogen (secondary N) is 1. The molecular weight excluding hydrogens is 314 g/mol. The Balaban J connectivity index is 1.92. The van der Waals surface area contributed by atoms with Crippen molar-refractivity contribution < 1.29 is 4.79 Å². The Morgan fingerprint density at radius 3 is 2.60 bits per heavy atom. The molecule has 0 unspecified atom stereocenters. The highest BCUT2D eigenvalue weighted by atomic mass is 32.2. The predicted molar refractivity (Wildman–Crippen MR) is 83.7 cm³/mol. The third-order valence-corrected chi connectivity index (χ3v) is 5.69. The number of amides is 1. The summed E-state index contributed by atoms with van der Waals surface area (Å²) in [6.07, 6.45) is 1.95. The average molecular weight is 329 g/mol. The van der Waals surface area contributed by atoms with Crippen LogP contribution < -0.4 is 5.32 Å². The maximum atomic E-state index is 12.0. The lowest BCUT2D eigenvalue weighted by Crippen LogP contribution is -2.15. The van der Waals surface area contributed by atoms with Gasteiger partial charge in [-0.1, -0.05) is 34.9 Å². The minimum atomic E-state index is -0.0601. The fourth-order valence-electron chi connectivity index (χ4n) is 1.60. The third-order valence-electron chi connectivity index (χ3n) is 2.66. The van der Waals surface area contributed by atoms with Crippen molar-refractivity contribution in [2.45, 2.75) is 22.5 Å². The number of thioether (sulfide) groups is 2. The van der Waals surface area contributed by atoms with Gasteiger partial charge in [-0.25, -0.2) is 0 Å². The minimum Gasteiger partial charge on any atom is -0.322 e. The summed E-state index contributed by atoms with van der Waals surface area (Å²) in [7, 11) is 1.86. The second-order valence-electron chi connectivity index (χ2n) is 4.04. The molecule has 1 N–H and O–H groups in total. The molecule has 0 saturated carbocycles. The van der Waals surface area contributed by atoms with Crippen molar-refractivity contribution in [2.24, 2.45) is 7.05 Å². The van der Waals surface area contributed by atoms with Gasteiger partial charge in [-0.2, -0.15) is 5.10 Å². The SMILES string of the molecule is CSc1nnc(SCC(=O)Nc2c(C)nn(C)c2C)s1. The number of aromatic nitrogens is 4. The van der Waals surface area contributed by atoms with E-state index >= 15 is 0 Å². The van der Waals surface area contributed by atoms with Crippen molar-refractivity contribution in [3.63, 3.8) is 0 Å². The van der Waals surface area contributed by atoms with Gasteiger partial charge < -0.3 is 5.32 Å². The number of aryl methyl sites for hydroxylation is 2. The molecule has 2 aromatic rings. The molecule has 2 heterocycles. The van der Waals surface area contributed by atoms with Crippen LogP contribution in [0.25, 0.3) is 0 Å². The van der Waals surface area contributed by atoms with E-state index in [1.54, 1.807) is 16.4 Å². The van der Waals surface area contributed by atoms with Gasteiger partial charge in [0.15, 0.2) is 8.68 Å². The number of nitrogens with zero attached hydrogens (tertiary/aromatic N) is 4. The standard InChI is InChI=1S/C11H15N5OS3/c1-6-9(7(2)16(3)15-6)12-8(17)5-19-11-14-13-10(18-4)20-11/h5H2,1-4H3,(H,12,17).